The van der Waals surface area contributed by atoms with Gasteiger partial charge in [0.25, 0.3) is 5.91 Å². The van der Waals surface area contributed by atoms with E-state index in [1.165, 1.54) is 18.2 Å². The molecule has 0 aliphatic heterocycles. The highest BCUT2D eigenvalue weighted by Crippen LogP contribution is 2.35. The van der Waals surface area contributed by atoms with E-state index in [1.807, 2.05) is 0 Å². The lowest BCUT2D eigenvalue weighted by atomic mass is 9.74. The molecular formula is C14H17FN2O2. The van der Waals surface area contributed by atoms with Crippen LogP contribution in [-0.4, -0.2) is 17.4 Å². The van der Waals surface area contributed by atoms with Gasteiger partial charge in [0.15, 0.2) is 0 Å². The molecule has 0 aromatic heterocycles. The molecule has 1 aliphatic rings. The van der Waals surface area contributed by atoms with E-state index in [2.05, 4.69) is 5.32 Å². The van der Waals surface area contributed by atoms with Gasteiger partial charge in [-0.1, -0.05) is 0 Å². The van der Waals surface area contributed by atoms with Crippen LogP contribution < -0.4 is 11.1 Å². The maximum Gasteiger partial charge on any atom is 0.251 e. The summed E-state index contributed by atoms with van der Waals surface area (Å²) in [6.45, 7) is 1.61. The third-order valence-electron chi connectivity index (χ3n) is 3.62. The quantitative estimate of drug-likeness (QED) is 0.868. The lowest BCUT2D eigenvalue weighted by Crippen LogP contribution is -2.55. The van der Waals surface area contributed by atoms with Crippen LogP contribution in [0.4, 0.5) is 4.39 Å². The molecule has 19 heavy (non-hydrogen) atoms. The number of hydrogen-bond donors (Lipinski definition) is 2. The van der Waals surface area contributed by atoms with Gasteiger partial charge in [0.05, 0.1) is 0 Å². The Morgan fingerprint density at radius 3 is 2.58 bits per heavy atom. The van der Waals surface area contributed by atoms with Crippen LogP contribution in [0.5, 0.6) is 0 Å². The standard InChI is InChI=1S/C14H17FN2O2/c1-9-7-10(3-4-11(9)15)13(19)17-14(5-2-6-14)8-12(16)18/h3-4,7H,2,5-6,8H2,1H3,(H2,16,18)(H,17,19). The van der Waals surface area contributed by atoms with Crippen molar-refractivity contribution in [2.24, 2.45) is 5.73 Å². The average molecular weight is 264 g/mol. The van der Waals surface area contributed by atoms with E-state index < -0.39 is 11.4 Å². The van der Waals surface area contributed by atoms with Gasteiger partial charge in [-0.25, -0.2) is 4.39 Å². The molecule has 1 aromatic carbocycles. The van der Waals surface area contributed by atoms with E-state index in [0.29, 0.717) is 11.1 Å². The number of amides is 2. The molecule has 2 amide bonds. The smallest absolute Gasteiger partial charge is 0.251 e. The van der Waals surface area contributed by atoms with E-state index >= 15 is 0 Å². The molecule has 0 saturated heterocycles. The van der Waals surface area contributed by atoms with Gasteiger partial charge in [-0.2, -0.15) is 0 Å². The first-order valence-electron chi connectivity index (χ1n) is 6.29. The third-order valence-corrected chi connectivity index (χ3v) is 3.62. The van der Waals surface area contributed by atoms with Crippen molar-refractivity contribution >= 4 is 11.8 Å². The summed E-state index contributed by atoms with van der Waals surface area (Å²) in [6.07, 6.45) is 2.62. The van der Waals surface area contributed by atoms with Crippen molar-refractivity contribution in [1.29, 1.82) is 0 Å². The predicted molar refractivity (Wildman–Crippen MR) is 69.0 cm³/mol. The monoisotopic (exact) mass is 264 g/mol. The number of halogens is 1. The molecule has 0 bridgehead atoms. The zero-order valence-corrected chi connectivity index (χ0v) is 10.8. The summed E-state index contributed by atoms with van der Waals surface area (Å²) in [5, 5.41) is 2.86. The molecule has 0 spiro atoms. The van der Waals surface area contributed by atoms with Gasteiger partial charge in [0, 0.05) is 17.5 Å². The van der Waals surface area contributed by atoms with Crippen LogP contribution in [0.25, 0.3) is 0 Å². The van der Waals surface area contributed by atoms with Crippen LogP contribution in [-0.2, 0) is 4.79 Å². The number of benzene rings is 1. The molecule has 2 rings (SSSR count). The van der Waals surface area contributed by atoms with Gasteiger partial charge in [0.1, 0.15) is 5.82 Å². The number of rotatable bonds is 4. The number of hydrogen-bond acceptors (Lipinski definition) is 2. The first-order chi connectivity index (χ1) is 8.92. The first kappa shape index (κ1) is 13.5. The molecule has 0 radical (unpaired) electrons. The van der Waals surface area contributed by atoms with Crippen molar-refractivity contribution in [3.63, 3.8) is 0 Å². The minimum absolute atomic E-state index is 0.152. The minimum Gasteiger partial charge on any atom is -0.370 e. The Labute approximate surface area is 111 Å². The molecule has 1 fully saturated rings. The summed E-state index contributed by atoms with van der Waals surface area (Å²) in [5.74, 6) is -1.05. The molecule has 1 aromatic rings. The van der Waals surface area contributed by atoms with E-state index in [4.69, 9.17) is 5.73 Å². The fraction of sp³-hybridized carbons (Fsp3) is 0.429. The van der Waals surface area contributed by atoms with Crippen molar-refractivity contribution in [2.75, 3.05) is 0 Å². The fourth-order valence-electron chi connectivity index (χ4n) is 2.38. The van der Waals surface area contributed by atoms with E-state index in [9.17, 15) is 14.0 Å². The molecule has 1 aliphatic carbocycles. The minimum atomic E-state index is -0.509. The topological polar surface area (TPSA) is 72.2 Å². The Morgan fingerprint density at radius 1 is 1.42 bits per heavy atom. The molecule has 1 saturated carbocycles. The summed E-state index contributed by atoms with van der Waals surface area (Å²) in [4.78, 5) is 23.2. The number of carbonyl (C=O) groups is 2. The zero-order chi connectivity index (χ0) is 14.0. The van der Waals surface area contributed by atoms with Gasteiger partial charge in [-0.15, -0.1) is 0 Å². The van der Waals surface area contributed by atoms with E-state index in [-0.39, 0.29) is 18.1 Å². The van der Waals surface area contributed by atoms with Crippen molar-refractivity contribution in [3.8, 4) is 0 Å². The van der Waals surface area contributed by atoms with Crippen LogP contribution in [0.1, 0.15) is 41.6 Å². The molecule has 0 unspecified atom stereocenters. The molecule has 0 atom stereocenters. The van der Waals surface area contributed by atoms with Crippen molar-refractivity contribution in [1.82, 2.24) is 5.32 Å². The second-order valence-electron chi connectivity index (χ2n) is 5.20. The number of aryl methyl sites for hydroxylation is 1. The van der Waals surface area contributed by atoms with Gasteiger partial charge < -0.3 is 11.1 Å². The van der Waals surface area contributed by atoms with Crippen LogP contribution in [0.15, 0.2) is 18.2 Å². The summed E-state index contributed by atoms with van der Waals surface area (Å²) in [7, 11) is 0. The zero-order valence-electron chi connectivity index (χ0n) is 10.8. The molecular weight excluding hydrogens is 247 g/mol. The van der Waals surface area contributed by atoms with Crippen LogP contribution >= 0.6 is 0 Å². The average Bonchev–Trinajstić information content (AvgIpc) is 2.29. The van der Waals surface area contributed by atoms with Gasteiger partial charge in [-0.3, -0.25) is 9.59 Å². The number of primary amides is 1. The highest BCUT2D eigenvalue weighted by atomic mass is 19.1. The fourth-order valence-corrected chi connectivity index (χ4v) is 2.38. The highest BCUT2D eigenvalue weighted by molar-refractivity contribution is 5.95. The molecule has 0 heterocycles. The van der Waals surface area contributed by atoms with Crippen LogP contribution in [0.2, 0.25) is 0 Å². The Balaban J connectivity index is 2.11. The lowest BCUT2D eigenvalue weighted by molar-refractivity contribution is -0.120. The summed E-state index contributed by atoms with van der Waals surface area (Å²) < 4.78 is 13.2. The lowest BCUT2D eigenvalue weighted by Gasteiger charge is -2.41. The SMILES string of the molecule is Cc1cc(C(=O)NC2(CC(N)=O)CCC2)ccc1F. The molecule has 3 N–H and O–H groups in total. The Hall–Kier alpha value is -1.91. The molecule has 102 valence electrons. The van der Waals surface area contributed by atoms with Gasteiger partial charge in [0.2, 0.25) is 5.91 Å². The Morgan fingerprint density at radius 2 is 2.11 bits per heavy atom. The van der Waals surface area contributed by atoms with Gasteiger partial charge in [-0.05, 0) is 49.9 Å². The van der Waals surface area contributed by atoms with Crippen molar-refractivity contribution in [2.45, 2.75) is 38.1 Å². The maximum atomic E-state index is 13.2. The van der Waals surface area contributed by atoms with Crippen molar-refractivity contribution < 1.29 is 14.0 Å². The third kappa shape index (κ3) is 2.92. The Bertz CT molecular complexity index is 524. The normalized spacial score (nSPS) is 16.5. The van der Waals surface area contributed by atoms with Crippen molar-refractivity contribution in [3.05, 3.63) is 35.1 Å². The second kappa shape index (κ2) is 4.99. The van der Waals surface area contributed by atoms with Crippen LogP contribution in [0, 0.1) is 12.7 Å². The van der Waals surface area contributed by atoms with Crippen LogP contribution in [0.3, 0.4) is 0 Å². The summed E-state index contributed by atoms with van der Waals surface area (Å²) >= 11 is 0. The molecule has 4 nitrogen and oxygen atoms in total. The largest absolute Gasteiger partial charge is 0.370 e. The predicted octanol–water partition coefficient (Wildman–Crippen LogP) is 1.66. The van der Waals surface area contributed by atoms with E-state index in [1.54, 1.807) is 6.92 Å². The highest BCUT2D eigenvalue weighted by Gasteiger charge is 2.39. The summed E-state index contributed by atoms with van der Waals surface area (Å²) in [5.41, 5.74) is 5.52. The van der Waals surface area contributed by atoms with Gasteiger partial charge >= 0.3 is 0 Å². The summed E-state index contributed by atoms with van der Waals surface area (Å²) in [6, 6.07) is 4.21. The molecule has 5 heteroatoms. The number of nitrogens with one attached hydrogen (secondary N) is 1. The second-order valence-corrected chi connectivity index (χ2v) is 5.20. The number of carbonyl (C=O) groups excluding carboxylic acids is 2. The maximum absolute atomic E-state index is 13.2. The first-order valence-corrected chi connectivity index (χ1v) is 6.29. The van der Waals surface area contributed by atoms with E-state index in [0.717, 1.165) is 19.3 Å². The number of nitrogens with two attached hydrogens (primary N) is 1. The Kier molecular flexibility index (Phi) is 3.55.